The van der Waals surface area contributed by atoms with Gasteiger partial charge in [-0.2, -0.15) is 0 Å². The van der Waals surface area contributed by atoms with E-state index >= 15 is 0 Å². The molecule has 4 nitrogen and oxygen atoms in total. The summed E-state index contributed by atoms with van der Waals surface area (Å²) in [4.78, 5) is 15.4. The van der Waals surface area contributed by atoms with Gasteiger partial charge in [0, 0.05) is 13.0 Å². The molecule has 0 aliphatic carbocycles. The first kappa shape index (κ1) is 14.7. The molecular weight excluding hydrogens is 254 g/mol. The maximum absolute atomic E-state index is 11.2. The number of nitrogens with one attached hydrogen (secondary N) is 1. The van der Waals surface area contributed by atoms with Crippen molar-refractivity contribution >= 4 is 46.5 Å². The smallest absolute Gasteiger partial charge is 0.227 e. The highest BCUT2D eigenvalue weighted by Crippen LogP contribution is 2.30. The molecule has 3 N–H and O–H groups in total. The number of hydrogen-bond donors (Lipinski definition) is 2. The van der Waals surface area contributed by atoms with Crippen molar-refractivity contribution in [3.05, 3.63) is 5.69 Å². The van der Waals surface area contributed by atoms with E-state index in [0.29, 0.717) is 18.1 Å². The van der Waals surface area contributed by atoms with E-state index in [9.17, 15) is 4.79 Å². The molecule has 0 fully saturated rings. The van der Waals surface area contributed by atoms with Crippen LogP contribution in [0.3, 0.4) is 0 Å². The number of anilines is 1. The van der Waals surface area contributed by atoms with E-state index in [1.165, 1.54) is 11.3 Å². The number of carbonyl (C=O) groups excluding carboxylic acids is 1. The Bertz CT molecular complexity index is 330. The fourth-order valence-electron chi connectivity index (χ4n) is 0.938. The molecular formula is C8H14ClN3OS2. The van der Waals surface area contributed by atoms with E-state index < -0.39 is 0 Å². The van der Waals surface area contributed by atoms with Crippen molar-refractivity contribution in [2.24, 2.45) is 5.73 Å². The van der Waals surface area contributed by atoms with Gasteiger partial charge in [0.05, 0.1) is 9.90 Å². The van der Waals surface area contributed by atoms with Crippen LogP contribution in [0.2, 0.25) is 0 Å². The minimum absolute atomic E-state index is 0. The molecule has 1 aromatic rings. The number of rotatable bonds is 4. The van der Waals surface area contributed by atoms with Gasteiger partial charge in [0.2, 0.25) is 5.91 Å². The Morgan fingerprint density at radius 1 is 1.67 bits per heavy atom. The lowest BCUT2D eigenvalue weighted by Gasteiger charge is -1.97. The summed E-state index contributed by atoms with van der Waals surface area (Å²) in [5.41, 5.74) is 6.23. The minimum Gasteiger partial charge on any atom is -0.330 e. The van der Waals surface area contributed by atoms with Gasteiger partial charge in [0.25, 0.3) is 0 Å². The van der Waals surface area contributed by atoms with Crippen LogP contribution in [-0.2, 0) is 4.79 Å². The van der Waals surface area contributed by atoms with E-state index in [1.54, 1.807) is 11.8 Å². The second kappa shape index (κ2) is 7.05. The standard InChI is InChI=1S/C8H13N3OS2.ClH/c1-5-7(13-2)14-8(10-5)11-6(12)3-4-9;/h3-4,9H2,1-2H3,(H,10,11,12);1H. The molecule has 15 heavy (non-hydrogen) atoms. The molecule has 1 heterocycles. The second-order valence-corrected chi connectivity index (χ2v) is 4.76. The van der Waals surface area contributed by atoms with Gasteiger partial charge in [0.1, 0.15) is 0 Å². The van der Waals surface area contributed by atoms with Crippen LogP contribution in [-0.4, -0.2) is 23.7 Å². The molecule has 0 radical (unpaired) electrons. The number of nitrogens with zero attached hydrogens (tertiary/aromatic N) is 1. The van der Waals surface area contributed by atoms with Crippen LogP contribution in [0.5, 0.6) is 0 Å². The number of aromatic nitrogens is 1. The van der Waals surface area contributed by atoms with Crippen LogP contribution in [0.1, 0.15) is 12.1 Å². The van der Waals surface area contributed by atoms with Gasteiger partial charge in [-0.3, -0.25) is 4.79 Å². The van der Waals surface area contributed by atoms with Crippen LogP contribution in [0, 0.1) is 6.92 Å². The Hall–Kier alpha value is -0.300. The number of amides is 1. The van der Waals surface area contributed by atoms with Crippen molar-refractivity contribution in [1.29, 1.82) is 0 Å². The second-order valence-electron chi connectivity index (χ2n) is 2.68. The summed E-state index contributed by atoms with van der Waals surface area (Å²) in [7, 11) is 0. The third-order valence-electron chi connectivity index (χ3n) is 1.56. The van der Waals surface area contributed by atoms with Crippen molar-refractivity contribution in [3.8, 4) is 0 Å². The van der Waals surface area contributed by atoms with Crippen LogP contribution in [0.4, 0.5) is 5.13 Å². The number of thiazole rings is 1. The number of halogens is 1. The topological polar surface area (TPSA) is 68.0 Å². The van der Waals surface area contributed by atoms with Gasteiger partial charge in [-0.05, 0) is 13.2 Å². The normalized spacial score (nSPS) is 9.53. The van der Waals surface area contributed by atoms with E-state index in [0.717, 1.165) is 9.90 Å². The van der Waals surface area contributed by atoms with Crippen LogP contribution < -0.4 is 11.1 Å². The van der Waals surface area contributed by atoms with Crippen molar-refractivity contribution in [1.82, 2.24) is 4.98 Å². The number of nitrogens with two attached hydrogens (primary N) is 1. The molecule has 0 atom stereocenters. The van der Waals surface area contributed by atoms with Gasteiger partial charge in [-0.1, -0.05) is 11.3 Å². The Labute approximate surface area is 103 Å². The zero-order valence-corrected chi connectivity index (χ0v) is 11.0. The highest BCUT2D eigenvalue weighted by molar-refractivity contribution is 8.00. The molecule has 0 saturated heterocycles. The third-order valence-corrected chi connectivity index (χ3v) is 3.84. The average molecular weight is 268 g/mol. The zero-order chi connectivity index (χ0) is 10.6. The summed E-state index contributed by atoms with van der Waals surface area (Å²) in [6.45, 7) is 2.30. The van der Waals surface area contributed by atoms with Crippen LogP contribution in [0.25, 0.3) is 0 Å². The molecule has 0 aromatic carbocycles. The molecule has 7 heteroatoms. The molecule has 1 amide bonds. The molecule has 0 saturated carbocycles. The van der Waals surface area contributed by atoms with Crippen molar-refractivity contribution in [2.75, 3.05) is 18.1 Å². The highest BCUT2D eigenvalue weighted by Gasteiger charge is 2.08. The Morgan fingerprint density at radius 3 is 2.80 bits per heavy atom. The van der Waals surface area contributed by atoms with Crippen LogP contribution in [0.15, 0.2) is 4.21 Å². The summed E-state index contributed by atoms with van der Waals surface area (Å²) in [6, 6.07) is 0. The monoisotopic (exact) mass is 267 g/mol. The lowest BCUT2D eigenvalue weighted by Crippen LogP contribution is -2.15. The van der Waals surface area contributed by atoms with Gasteiger partial charge in [-0.25, -0.2) is 4.98 Å². The van der Waals surface area contributed by atoms with E-state index in [1.807, 2.05) is 13.2 Å². The molecule has 0 spiro atoms. The Morgan fingerprint density at radius 2 is 2.33 bits per heavy atom. The molecule has 1 aromatic heterocycles. The Balaban J connectivity index is 0.00000196. The van der Waals surface area contributed by atoms with Crippen molar-refractivity contribution in [2.45, 2.75) is 17.6 Å². The molecule has 0 aliphatic rings. The first-order valence-corrected chi connectivity index (χ1v) is 6.23. The minimum atomic E-state index is -0.0751. The highest BCUT2D eigenvalue weighted by atomic mass is 35.5. The Kier molecular flexibility index (Phi) is 6.91. The number of aryl methyl sites for hydroxylation is 1. The lowest BCUT2D eigenvalue weighted by molar-refractivity contribution is -0.116. The van der Waals surface area contributed by atoms with Crippen molar-refractivity contribution in [3.63, 3.8) is 0 Å². The van der Waals surface area contributed by atoms with E-state index in [4.69, 9.17) is 5.73 Å². The predicted molar refractivity (Wildman–Crippen MR) is 68.2 cm³/mol. The number of thioether (sulfide) groups is 1. The molecule has 0 bridgehead atoms. The number of hydrogen-bond acceptors (Lipinski definition) is 5. The van der Waals surface area contributed by atoms with Crippen molar-refractivity contribution < 1.29 is 4.79 Å². The maximum atomic E-state index is 11.2. The van der Waals surface area contributed by atoms with Gasteiger partial charge >= 0.3 is 0 Å². The largest absolute Gasteiger partial charge is 0.330 e. The fourth-order valence-corrected chi connectivity index (χ4v) is 2.57. The average Bonchev–Trinajstić information content (AvgIpc) is 2.46. The summed E-state index contributed by atoms with van der Waals surface area (Å²) in [6.07, 6.45) is 2.33. The van der Waals surface area contributed by atoms with E-state index in [2.05, 4.69) is 10.3 Å². The lowest BCUT2D eigenvalue weighted by atomic mass is 10.4. The maximum Gasteiger partial charge on any atom is 0.227 e. The molecule has 1 rings (SSSR count). The SMILES string of the molecule is CSc1sc(NC(=O)CCN)nc1C.Cl. The summed E-state index contributed by atoms with van der Waals surface area (Å²) in [5.74, 6) is -0.0751. The quantitative estimate of drug-likeness (QED) is 0.818. The fraction of sp³-hybridized carbons (Fsp3) is 0.500. The van der Waals surface area contributed by atoms with Gasteiger partial charge < -0.3 is 11.1 Å². The van der Waals surface area contributed by atoms with Gasteiger partial charge in [0.15, 0.2) is 5.13 Å². The molecule has 0 unspecified atom stereocenters. The zero-order valence-electron chi connectivity index (χ0n) is 8.57. The van der Waals surface area contributed by atoms with Gasteiger partial charge in [-0.15, -0.1) is 24.2 Å². The molecule has 0 aliphatic heterocycles. The van der Waals surface area contributed by atoms with E-state index in [-0.39, 0.29) is 18.3 Å². The number of carbonyl (C=O) groups is 1. The predicted octanol–water partition coefficient (Wildman–Crippen LogP) is 1.88. The third kappa shape index (κ3) is 4.38. The summed E-state index contributed by atoms with van der Waals surface area (Å²) in [5, 5.41) is 3.37. The molecule has 86 valence electrons. The first-order valence-electron chi connectivity index (χ1n) is 4.18. The first-order chi connectivity index (χ1) is 6.67. The summed E-state index contributed by atoms with van der Waals surface area (Å²) >= 11 is 3.13. The van der Waals surface area contributed by atoms with Crippen LogP contribution >= 0.6 is 35.5 Å². The summed E-state index contributed by atoms with van der Waals surface area (Å²) < 4.78 is 1.13.